The first kappa shape index (κ1) is 12.0. The fraction of sp³-hybridized carbons (Fsp3) is 0.154. The van der Waals surface area contributed by atoms with E-state index in [1.165, 1.54) is 0 Å². The number of aromatic nitrogens is 1. The number of rotatable bonds is 4. The molecule has 0 aliphatic carbocycles. The monoisotopic (exact) mass is 275 g/mol. The van der Waals surface area contributed by atoms with Gasteiger partial charge in [0.2, 0.25) is 0 Å². The zero-order valence-corrected chi connectivity index (χ0v) is 10.9. The zero-order chi connectivity index (χ0) is 13.2. The fourth-order valence-electron chi connectivity index (χ4n) is 1.79. The van der Waals surface area contributed by atoms with Crippen LogP contribution in [-0.4, -0.2) is 16.6 Å². The Bertz CT molecular complexity index is 678. The molecule has 1 aromatic carbocycles. The van der Waals surface area contributed by atoms with Gasteiger partial charge in [-0.05, 0) is 40.6 Å². The van der Waals surface area contributed by atoms with Crippen LogP contribution < -0.4 is 11.1 Å². The highest BCUT2D eigenvalue weighted by Crippen LogP contribution is 2.22. The van der Waals surface area contributed by atoms with Crippen molar-refractivity contribution in [3.05, 3.63) is 40.6 Å². The predicted octanol–water partition coefficient (Wildman–Crippen LogP) is 2.62. The van der Waals surface area contributed by atoms with E-state index in [9.17, 15) is 5.11 Å². The van der Waals surface area contributed by atoms with E-state index in [-0.39, 0.29) is 0 Å². The van der Waals surface area contributed by atoms with Gasteiger partial charge in [-0.3, -0.25) is 0 Å². The summed E-state index contributed by atoms with van der Waals surface area (Å²) in [5, 5.41) is 16.8. The van der Waals surface area contributed by atoms with Crippen molar-refractivity contribution in [2.45, 2.75) is 6.10 Å². The van der Waals surface area contributed by atoms with Gasteiger partial charge >= 0.3 is 0 Å². The van der Waals surface area contributed by atoms with Gasteiger partial charge in [-0.2, -0.15) is 16.3 Å². The van der Waals surface area contributed by atoms with Crippen LogP contribution in [0.5, 0.6) is 0 Å². The number of anilines is 2. The summed E-state index contributed by atoms with van der Waals surface area (Å²) in [7, 11) is 0. The number of aliphatic hydroxyl groups is 1. The van der Waals surface area contributed by atoms with E-state index in [4.69, 9.17) is 10.2 Å². The molecule has 0 aliphatic rings. The summed E-state index contributed by atoms with van der Waals surface area (Å²) in [6, 6.07) is 7.56. The van der Waals surface area contributed by atoms with Crippen LogP contribution in [0.2, 0.25) is 0 Å². The third-order valence-corrected chi connectivity index (χ3v) is 3.49. The summed E-state index contributed by atoms with van der Waals surface area (Å²) in [5.41, 5.74) is 8.58. The summed E-state index contributed by atoms with van der Waals surface area (Å²) < 4.78 is 5.50. The van der Waals surface area contributed by atoms with E-state index in [2.05, 4.69) is 10.3 Å². The zero-order valence-electron chi connectivity index (χ0n) is 10.0. The SMILES string of the molecule is Nc1ccc2oc(NCC(O)c3ccsc3)nc2c1. The van der Waals surface area contributed by atoms with Crippen LogP contribution in [0.1, 0.15) is 11.7 Å². The number of nitrogens with two attached hydrogens (primary N) is 1. The molecule has 0 fully saturated rings. The van der Waals surface area contributed by atoms with Crippen LogP contribution >= 0.6 is 11.3 Å². The molecule has 2 heterocycles. The minimum atomic E-state index is -0.577. The average molecular weight is 275 g/mol. The van der Waals surface area contributed by atoms with Gasteiger partial charge in [0.1, 0.15) is 5.52 Å². The van der Waals surface area contributed by atoms with E-state index in [1.54, 1.807) is 29.5 Å². The lowest BCUT2D eigenvalue weighted by molar-refractivity contribution is 0.191. The van der Waals surface area contributed by atoms with E-state index in [1.807, 2.05) is 16.8 Å². The number of aliphatic hydroxyl groups excluding tert-OH is 1. The van der Waals surface area contributed by atoms with Crippen molar-refractivity contribution in [2.75, 3.05) is 17.6 Å². The molecule has 6 heteroatoms. The molecule has 98 valence electrons. The summed E-state index contributed by atoms with van der Waals surface area (Å²) in [5.74, 6) is 0. The largest absolute Gasteiger partial charge is 0.424 e. The van der Waals surface area contributed by atoms with Gasteiger partial charge in [-0.25, -0.2) is 0 Å². The molecule has 4 N–H and O–H groups in total. The molecule has 0 bridgehead atoms. The molecule has 1 atom stereocenters. The number of oxazole rings is 1. The van der Waals surface area contributed by atoms with Crippen LogP contribution in [0.15, 0.2) is 39.4 Å². The number of nitrogens with zero attached hydrogens (tertiary/aromatic N) is 1. The second kappa shape index (κ2) is 4.91. The standard InChI is InChI=1S/C13H13N3O2S/c14-9-1-2-12-10(5-9)16-13(18-12)15-6-11(17)8-3-4-19-7-8/h1-5,7,11,17H,6,14H2,(H,15,16). The Kier molecular flexibility index (Phi) is 3.10. The van der Waals surface area contributed by atoms with Crippen molar-refractivity contribution in [2.24, 2.45) is 0 Å². The molecular weight excluding hydrogens is 262 g/mol. The van der Waals surface area contributed by atoms with Crippen LogP contribution in [0.25, 0.3) is 11.1 Å². The van der Waals surface area contributed by atoms with E-state index < -0.39 is 6.10 Å². The molecule has 2 aromatic heterocycles. The highest BCUT2D eigenvalue weighted by molar-refractivity contribution is 7.07. The molecule has 3 rings (SSSR count). The minimum absolute atomic E-state index is 0.346. The summed E-state index contributed by atoms with van der Waals surface area (Å²) in [6.45, 7) is 0.346. The van der Waals surface area contributed by atoms with Crippen LogP contribution in [0.3, 0.4) is 0 Å². The quantitative estimate of drug-likeness (QED) is 0.637. The van der Waals surface area contributed by atoms with Gasteiger partial charge in [0.15, 0.2) is 5.58 Å². The number of fused-ring (bicyclic) bond motifs is 1. The lowest BCUT2D eigenvalue weighted by Crippen LogP contribution is -2.11. The number of benzene rings is 1. The Morgan fingerprint density at radius 3 is 3.11 bits per heavy atom. The Morgan fingerprint density at radius 2 is 2.32 bits per heavy atom. The molecule has 0 radical (unpaired) electrons. The average Bonchev–Trinajstić information content (AvgIpc) is 3.04. The van der Waals surface area contributed by atoms with Crippen molar-refractivity contribution in [3.8, 4) is 0 Å². The molecule has 5 nitrogen and oxygen atoms in total. The van der Waals surface area contributed by atoms with Crippen molar-refractivity contribution in [1.82, 2.24) is 4.98 Å². The molecule has 0 amide bonds. The van der Waals surface area contributed by atoms with E-state index in [0.717, 1.165) is 5.56 Å². The van der Waals surface area contributed by atoms with Crippen molar-refractivity contribution in [1.29, 1.82) is 0 Å². The smallest absolute Gasteiger partial charge is 0.295 e. The molecular formula is C13H13N3O2S. The molecule has 0 saturated carbocycles. The predicted molar refractivity (Wildman–Crippen MR) is 76.2 cm³/mol. The van der Waals surface area contributed by atoms with Crippen molar-refractivity contribution in [3.63, 3.8) is 0 Å². The van der Waals surface area contributed by atoms with E-state index in [0.29, 0.717) is 29.3 Å². The summed E-state index contributed by atoms with van der Waals surface area (Å²) in [4.78, 5) is 4.26. The van der Waals surface area contributed by atoms with E-state index >= 15 is 0 Å². The molecule has 19 heavy (non-hydrogen) atoms. The van der Waals surface area contributed by atoms with Gasteiger partial charge in [-0.1, -0.05) is 0 Å². The summed E-state index contributed by atoms with van der Waals surface area (Å²) >= 11 is 1.55. The van der Waals surface area contributed by atoms with Crippen LogP contribution in [-0.2, 0) is 0 Å². The van der Waals surface area contributed by atoms with Crippen LogP contribution in [0, 0.1) is 0 Å². The maximum atomic E-state index is 9.94. The molecule has 0 aliphatic heterocycles. The number of nitrogens with one attached hydrogen (secondary N) is 1. The normalized spacial score (nSPS) is 12.7. The molecule has 0 saturated heterocycles. The van der Waals surface area contributed by atoms with Gasteiger partial charge in [-0.15, -0.1) is 0 Å². The third kappa shape index (κ3) is 2.54. The van der Waals surface area contributed by atoms with Crippen molar-refractivity contribution < 1.29 is 9.52 Å². The number of nitrogen functional groups attached to an aromatic ring is 1. The Morgan fingerprint density at radius 1 is 1.42 bits per heavy atom. The number of thiophene rings is 1. The lowest BCUT2D eigenvalue weighted by Gasteiger charge is -2.08. The van der Waals surface area contributed by atoms with Crippen molar-refractivity contribution >= 4 is 34.1 Å². The third-order valence-electron chi connectivity index (χ3n) is 2.79. The topological polar surface area (TPSA) is 84.3 Å². The van der Waals surface area contributed by atoms with Gasteiger partial charge in [0.05, 0.1) is 6.10 Å². The Balaban J connectivity index is 1.71. The minimum Gasteiger partial charge on any atom is -0.424 e. The molecule has 1 unspecified atom stereocenters. The number of hydrogen-bond acceptors (Lipinski definition) is 6. The fourth-order valence-corrected chi connectivity index (χ4v) is 2.49. The Labute approximate surface area is 113 Å². The van der Waals surface area contributed by atoms with Crippen LogP contribution in [0.4, 0.5) is 11.7 Å². The van der Waals surface area contributed by atoms with Gasteiger partial charge in [0, 0.05) is 12.2 Å². The number of hydrogen-bond donors (Lipinski definition) is 3. The first-order valence-electron chi connectivity index (χ1n) is 5.82. The lowest BCUT2D eigenvalue weighted by atomic mass is 10.2. The second-order valence-corrected chi connectivity index (χ2v) is 4.98. The highest BCUT2D eigenvalue weighted by Gasteiger charge is 2.10. The molecule has 0 spiro atoms. The first-order chi connectivity index (χ1) is 9.22. The van der Waals surface area contributed by atoms with Gasteiger partial charge < -0.3 is 20.6 Å². The summed E-state index contributed by atoms with van der Waals surface area (Å²) in [6.07, 6.45) is -0.577. The second-order valence-electron chi connectivity index (χ2n) is 4.20. The van der Waals surface area contributed by atoms with Gasteiger partial charge in [0.25, 0.3) is 6.01 Å². The molecule has 3 aromatic rings. The highest BCUT2D eigenvalue weighted by atomic mass is 32.1. The maximum absolute atomic E-state index is 9.94. The Hall–Kier alpha value is -2.05. The first-order valence-corrected chi connectivity index (χ1v) is 6.77. The maximum Gasteiger partial charge on any atom is 0.295 e.